The molecular formula is C12H14BrN3O. The molecule has 2 aromatic heterocycles. The van der Waals surface area contributed by atoms with Crippen LogP contribution in [0.3, 0.4) is 0 Å². The summed E-state index contributed by atoms with van der Waals surface area (Å²) in [5.41, 5.74) is 7.42. The molecule has 90 valence electrons. The lowest BCUT2D eigenvalue weighted by Crippen LogP contribution is -2.10. The van der Waals surface area contributed by atoms with Crippen LogP contribution in [0.5, 0.6) is 0 Å². The van der Waals surface area contributed by atoms with E-state index < -0.39 is 0 Å². The van der Waals surface area contributed by atoms with Gasteiger partial charge in [0.25, 0.3) is 0 Å². The van der Waals surface area contributed by atoms with Crippen LogP contribution in [-0.4, -0.2) is 10.1 Å². The lowest BCUT2D eigenvalue weighted by atomic mass is 9.92. The molecule has 0 aliphatic heterocycles. The number of pyridine rings is 1. The highest BCUT2D eigenvalue weighted by atomic mass is 79.9. The van der Waals surface area contributed by atoms with E-state index in [-0.39, 0.29) is 5.41 Å². The quantitative estimate of drug-likeness (QED) is 0.876. The van der Waals surface area contributed by atoms with Gasteiger partial charge in [-0.3, -0.25) is 0 Å². The molecule has 0 amide bonds. The largest absolute Gasteiger partial charge is 0.383 e. The minimum absolute atomic E-state index is 0.0457. The Morgan fingerprint density at radius 1 is 1.29 bits per heavy atom. The van der Waals surface area contributed by atoms with Crippen molar-refractivity contribution in [3.05, 3.63) is 28.5 Å². The first-order chi connectivity index (χ1) is 7.88. The van der Waals surface area contributed by atoms with Crippen molar-refractivity contribution < 1.29 is 4.52 Å². The van der Waals surface area contributed by atoms with Crippen LogP contribution in [0.4, 0.5) is 5.82 Å². The van der Waals surface area contributed by atoms with Crippen molar-refractivity contribution in [2.24, 2.45) is 0 Å². The standard InChI is InChI=1S/C12H14BrN3O/c1-12(2,3)10-5-9(17-16-10)8-4-7(13)6-15-11(8)14/h4-6H,1-3H3,(H2,14,15). The van der Waals surface area contributed by atoms with Gasteiger partial charge in [0.1, 0.15) is 5.82 Å². The van der Waals surface area contributed by atoms with E-state index in [2.05, 4.69) is 46.8 Å². The van der Waals surface area contributed by atoms with Crippen LogP contribution < -0.4 is 5.73 Å². The summed E-state index contributed by atoms with van der Waals surface area (Å²) in [4.78, 5) is 4.07. The molecule has 2 N–H and O–H groups in total. The summed E-state index contributed by atoms with van der Waals surface area (Å²) in [5, 5.41) is 4.06. The molecule has 2 rings (SSSR count). The summed E-state index contributed by atoms with van der Waals surface area (Å²) >= 11 is 3.36. The highest BCUT2D eigenvalue weighted by Crippen LogP contribution is 2.30. The van der Waals surface area contributed by atoms with Crippen LogP contribution in [0, 0.1) is 0 Å². The number of nitrogens with two attached hydrogens (primary N) is 1. The first kappa shape index (κ1) is 12.1. The predicted octanol–water partition coefficient (Wildman–Crippen LogP) is 3.38. The van der Waals surface area contributed by atoms with Crippen LogP contribution >= 0.6 is 15.9 Å². The Hall–Kier alpha value is -1.36. The van der Waals surface area contributed by atoms with Crippen LogP contribution in [-0.2, 0) is 5.41 Å². The van der Waals surface area contributed by atoms with Gasteiger partial charge in [-0.2, -0.15) is 0 Å². The van der Waals surface area contributed by atoms with E-state index in [1.54, 1.807) is 6.20 Å². The maximum atomic E-state index is 5.82. The normalized spacial score (nSPS) is 11.8. The van der Waals surface area contributed by atoms with E-state index in [4.69, 9.17) is 10.3 Å². The molecule has 0 aliphatic carbocycles. The zero-order valence-corrected chi connectivity index (χ0v) is 11.6. The average Bonchev–Trinajstić information content (AvgIpc) is 2.70. The Balaban J connectivity index is 2.47. The molecule has 0 aliphatic rings. The Morgan fingerprint density at radius 3 is 2.59 bits per heavy atom. The number of hydrogen-bond acceptors (Lipinski definition) is 4. The van der Waals surface area contributed by atoms with Gasteiger partial charge >= 0.3 is 0 Å². The fourth-order valence-corrected chi connectivity index (χ4v) is 1.73. The summed E-state index contributed by atoms with van der Waals surface area (Å²) in [6, 6.07) is 3.77. The summed E-state index contributed by atoms with van der Waals surface area (Å²) < 4.78 is 6.18. The molecule has 0 fully saturated rings. The van der Waals surface area contributed by atoms with Gasteiger partial charge in [-0.15, -0.1) is 0 Å². The van der Waals surface area contributed by atoms with Crippen LogP contribution in [0.25, 0.3) is 11.3 Å². The number of anilines is 1. The second kappa shape index (κ2) is 4.14. The third-order valence-electron chi connectivity index (χ3n) is 2.43. The third-order valence-corrected chi connectivity index (χ3v) is 2.86. The molecule has 4 nitrogen and oxygen atoms in total. The molecule has 5 heteroatoms. The fourth-order valence-electron chi connectivity index (χ4n) is 1.40. The van der Waals surface area contributed by atoms with Crippen molar-refractivity contribution in [2.75, 3.05) is 5.73 Å². The van der Waals surface area contributed by atoms with Crippen LogP contribution in [0.15, 0.2) is 27.3 Å². The summed E-state index contributed by atoms with van der Waals surface area (Å²) in [5.74, 6) is 1.08. The summed E-state index contributed by atoms with van der Waals surface area (Å²) in [7, 11) is 0. The van der Waals surface area contributed by atoms with Crippen molar-refractivity contribution in [1.82, 2.24) is 10.1 Å². The lowest BCUT2D eigenvalue weighted by molar-refractivity contribution is 0.402. The van der Waals surface area contributed by atoms with Crippen molar-refractivity contribution >= 4 is 21.7 Å². The topological polar surface area (TPSA) is 64.9 Å². The molecule has 0 aromatic carbocycles. The molecule has 2 heterocycles. The van der Waals surface area contributed by atoms with Gasteiger partial charge < -0.3 is 10.3 Å². The second-order valence-corrected chi connectivity index (χ2v) is 5.83. The number of aromatic nitrogens is 2. The van der Waals surface area contributed by atoms with E-state index in [1.165, 1.54) is 0 Å². The Kier molecular flexibility index (Phi) is 2.95. The molecule has 0 spiro atoms. The van der Waals surface area contributed by atoms with E-state index in [1.807, 2.05) is 12.1 Å². The van der Waals surface area contributed by atoms with Gasteiger partial charge in [-0.05, 0) is 22.0 Å². The second-order valence-electron chi connectivity index (χ2n) is 4.91. The predicted molar refractivity (Wildman–Crippen MR) is 70.5 cm³/mol. The summed E-state index contributed by atoms with van der Waals surface area (Å²) in [6.07, 6.45) is 1.65. The highest BCUT2D eigenvalue weighted by molar-refractivity contribution is 9.10. The van der Waals surface area contributed by atoms with Gasteiger partial charge in [-0.25, -0.2) is 4.98 Å². The fraction of sp³-hybridized carbons (Fsp3) is 0.333. The van der Waals surface area contributed by atoms with Crippen molar-refractivity contribution in [3.8, 4) is 11.3 Å². The van der Waals surface area contributed by atoms with E-state index in [0.717, 1.165) is 15.7 Å². The van der Waals surface area contributed by atoms with E-state index >= 15 is 0 Å². The van der Waals surface area contributed by atoms with Gasteiger partial charge in [-0.1, -0.05) is 25.9 Å². The lowest BCUT2D eigenvalue weighted by Gasteiger charge is -2.12. The van der Waals surface area contributed by atoms with Crippen molar-refractivity contribution in [2.45, 2.75) is 26.2 Å². The zero-order chi connectivity index (χ0) is 12.6. The highest BCUT2D eigenvalue weighted by Gasteiger charge is 2.20. The minimum atomic E-state index is -0.0457. The molecule has 0 saturated carbocycles. The molecule has 0 unspecified atom stereocenters. The SMILES string of the molecule is CC(C)(C)c1cc(-c2cc(Br)cnc2N)on1. The van der Waals surface area contributed by atoms with Crippen molar-refractivity contribution in [1.29, 1.82) is 0 Å². The minimum Gasteiger partial charge on any atom is -0.383 e. The van der Waals surface area contributed by atoms with Crippen LogP contribution in [0.1, 0.15) is 26.5 Å². The molecule has 2 aromatic rings. The number of nitrogens with zero attached hydrogens (tertiary/aromatic N) is 2. The maximum Gasteiger partial charge on any atom is 0.170 e. The van der Waals surface area contributed by atoms with Gasteiger partial charge in [0.2, 0.25) is 0 Å². The van der Waals surface area contributed by atoms with Gasteiger partial charge in [0.05, 0.1) is 11.3 Å². The van der Waals surface area contributed by atoms with Crippen molar-refractivity contribution in [3.63, 3.8) is 0 Å². The Bertz CT molecular complexity index is 543. The van der Waals surface area contributed by atoms with Gasteiger partial charge in [0, 0.05) is 22.2 Å². The molecule has 17 heavy (non-hydrogen) atoms. The Morgan fingerprint density at radius 2 is 2.00 bits per heavy atom. The molecule has 0 bridgehead atoms. The monoisotopic (exact) mass is 295 g/mol. The maximum absolute atomic E-state index is 5.82. The third kappa shape index (κ3) is 2.49. The smallest absolute Gasteiger partial charge is 0.170 e. The van der Waals surface area contributed by atoms with E-state index in [9.17, 15) is 0 Å². The Labute approximate surface area is 108 Å². The number of rotatable bonds is 1. The first-order valence-corrected chi connectivity index (χ1v) is 6.06. The number of halogens is 1. The molecule has 0 atom stereocenters. The van der Waals surface area contributed by atoms with Gasteiger partial charge in [0.15, 0.2) is 5.76 Å². The molecular weight excluding hydrogens is 282 g/mol. The first-order valence-electron chi connectivity index (χ1n) is 5.26. The number of hydrogen-bond donors (Lipinski definition) is 1. The number of nitrogen functional groups attached to an aromatic ring is 1. The molecule has 0 radical (unpaired) electrons. The van der Waals surface area contributed by atoms with E-state index in [0.29, 0.717) is 11.6 Å². The average molecular weight is 296 g/mol. The van der Waals surface area contributed by atoms with Crippen LogP contribution in [0.2, 0.25) is 0 Å². The molecule has 0 saturated heterocycles. The summed E-state index contributed by atoms with van der Waals surface area (Å²) in [6.45, 7) is 6.24. The zero-order valence-electron chi connectivity index (χ0n) is 9.99.